The van der Waals surface area contributed by atoms with E-state index in [0.717, 1.165) is 41.8 Å². The SMILES string of the molecule is O=C1CCc2cc(S(=O)(=O)NCc3ccccc3Cl)cc3c2N1CCC3. The molecule has 0 aliphatic carbocycles. The molecule has 0 fully saturated rings. The van der Waals surface area contributed by atoms with Crippen LogP contribution in [0.2, 0.25) is 5.02 Å². The molecule has 0 spiro atoms. The van der Waals surface area contributed by atoms with Gasteiger partial charge in [0.1, 0.15) is 0 Å². The summed E-state index contributed by atoms with van der Waals surface area (Å²) in [6.07, 6.45) is 2.67. The summed E-state index contributed by atoms with van der Waals surface area (Å²) in [6.45, 7) is 0.856. The van der Waals surface area contributed by atoms with Gasteiger partial charge >= 0.3 is 0 Å². The molecule has 136 valence electrons. The van der Waals surface area contributed by atoms with Gasteiger partial charge in [-0.25, -0.2) is 13.1 Å². The summed E-state index contributed by atoms with van der Waals surface area (Å²) in [5.41, 5.74) is 3.55. The molecule has 2 aliphatic heterocycles. The highest BCUT2D eigenvalue weighted by Gasteiger charge is 2.31. The number of aryl methyl sites for hydroxylation is 2. The molecule has 0 atom stereocenters. The maximum Gasteiger partial charge on any atom is 0.240 e. The van der Waals surface area contributed by atoms with Crippen LogP contribution in [0.3, 0.4) is 0 Å². The van der Waals surface area contributed by atoms with Crippen LogP contribution in [-0.2, 0) is 34.2 Å². The quantitative estimate of drug-likeness (QED) is 0.872. The zero-order valence-corrected chi connectivity index (χ0v) is 15.7. The molecule has 0 aromatic heterocycles. The van der Waals surface area contributed by atoms with E-state index in [9.17, 15) is 13.2 Å². The lowest BCUT2D eigenvalue weighted by Crippen LogP contribution is -2.39. The van der Waals surface area contributed by atoms with Gasteiger partial charge in [0.05, 0.1) is 10.6 Å². The average Bonchev–Trinajstić information content (AvgIpc) is 2.64. The number of benzene rings is 2. The number of sulfonamides is 1. The van der Waals surface area contributed by atoms with Gasteiger partial charge in [-0.3, -0.25) is 4.79 Å². The van der Waals surface area contributed by atoms with Crippen molar-refractivity contribution in [3.63, 3.8) is 0 Å². The van der Waals surface area contributed by atoms with Crippen LogP contribution in [0, 0.1) is 0 Å². The van der Waals surface area contributed by atoms with Crippen LogP contribution in [0.1, 0.15) is 29.5 Å². The molecule has 2 aliphatic rings. The molecule has 2 aromatic rings. The molecule has 1 N–H and O–H groups in total. The Balaban J connectivity index is 1.65. The fourth-order valence-electron chi connectivity index (χ4n) is 3.67. The van der Waals surface area contributed by atoms with Gasteiger partial charge in [-0.05, 0) is 54.2 Å². The summed E-state index contributed by atoms with van der Waals surface area (Å²) >= 11 is 6.11. The number of halogens is 1. The number of carbonyl (C=O) groups is 1. The third kappa shape index (κ3) is 3.13. The number of anilines is 1. The van der Waals surface area contributed by atoms with Crippen LogP contribution >= 0.6 is 11.6 Å². The molecule has 2 aromatic carbocycles. The van der Waals surface area contributed by atoms with Gasteiger partial charge in [0.15, 0.2) is 0 Å². The first-order valence-corrected chi connectivity index (χ1v) is 10.5. The first-order chi connectivity index (χ1) is 12.5. The highest BCUT2D eigenvalue weighted by Crippen LogP contribution is 2.37. The third-order valence-electron chi connectivity index (χ3n) is 4.97. The van der Waals surface area contributed by atoms with Crippen molar-refractivity contribution >= 4 is 33.2 Å². The van der Waals surface area contributed by atoms with Crippen molar-refractivity contribution in [2.45, 2.75) is 37.1 Å². The van der Waals surface area contributed by atoms with E-state index in [2.05, 4.69) is 4.72 Å². The Hall–Kier alpha value is -1.89. The van der Waals surface area contributed by atoms with Crippen molar-refractivity contribution in [1.29, 1.82) is 0 Å². The minimum atomic E-state index is -3.66. The third-order valence-corrected chi connectivity index (χ3v) is 6.72. The second-order valence-corrected chi connectivity index (χ2v) is 8.83. The largest absolute Gasteiger partial charge is 0.312 e. The van der Waals surface area contributed by atoms with Crippen molar-refractivity contribution in [3.8, 4) is 0 Å². The minimum absolute atomic E-state index is 0.130. The predicted octanol–water partition coefficient (Wildman–Crippen LogP) is 3.04. The molecule has 0 saturated heterocycles. The van der Waals surface area contributed by atoms with E-state index in [1.54, 1.807) is 24.3 Å². The van der Waals surface area contributed by atoms with Crippen LogP contribution in [0.25, 0.3) is 0 Å². The second-order valence-electron chi connectivity index (χ2n) is 6.66. The summed E-state index contributed by atoms with van der Waals surface area (Å²) in [7, 11) is -3.66. The normalized spacial score (nSPS) is 16.5. The van der Waals surface area contributed by atoms with E-state index in [0.29, 0.717) is 17.9 Å². The van der Waals surface area contributed by atoms with Crippen LogP contribution < -0.4 is 9.62 Å². The topological polar surface area (TPSA) is 66.5 Å². The van der Waals surface area contributed by atoms with Gasteiger partial charge in [0, 0.05) is 24.5 Å². The van der Waals surface area contributed by atoms with Gasteiger partial charge in [-0.2, -0.15) is 0 Å². The Morgan fingerprint density at radius 1 is 1.08 bits per heavy atom. The van der Waals surface area contributed by atoms with Crippen molar-refractivity contribution in [1.82, 2.24) is 4.72 Å². The smallest absolute Gasteiger partial charge is 0.240 e. The number of nitrogens with one attached hydrogen (secondary N) is 1. The lowest BCUT2D eigenvalue weighted by atomic mass is 9.92. The van der Waals surface area contributed by atoms with Gasteiger partial charge < -0.3 is 4.90 Å². The van der Waals surface area contributed by atoms with E-state index >= 15 is 0 Å². The summed E-state index contributed by atoms with van der Waals surface area (Å²) in [5.74, 6) is 0.130. The summed E-state index contributed by atoms with van der Waals surface area (Å²) in [4.78, 5) is 14.2. The zero-order chi connectivity index (χ0) is 18.3. The molecule has 2 heterocycles. The number of hydrogen-bond acceptors (Lipinski definition) is 3. The molecule has 0 bridgehead atoms. The van der Waals surface area contributed by atoms with Gasteiger partial charge in [0.25, 0.3) is 0 Å². The zero-order valence-electron chi connectivity index (χ0n) is 14.2. The standard InChI is InChI=1S/C19H19ClN2O3S/c20-17-6-2-1-4-15(17)12-21-26(24,25)16-10-13-5-3-9-22-18(23)8-7-14(11-16)19(13)22/h1-2,4,6,10-11,21H,3,5,7-9,12H2. The Bertz CT molecular complexity index is 971. The molecular weight excluding hydrogens is 372 g/mol. The monoisotopic (exact) mass is 390 g/mol. The Morgan fingerprint density at radius 2 is 1.81 bits per heavy atom. The second kappa shape index (κ2) is 6.68. The molecule has 7 heteroatoms. The van der Waals surface area contributed by atoms with Crippen LogP contribution in [0.15, 0.2) is 41.3 Å². The van der Waals surface area contributed by atoms with Crippen LogP contribution in [-0.4, -0.2) is 20.9 Å². The molecule has 1 amide bonds. The molecular formula is C19H19ClN2O3S. The van der Waals surface area contributed by atoms with E-state index < -0.39 is 10.0 Å². The highest BCUT2D eigenvalue weighted by atomic mass is 35.5. The Kier molecular flexibility index (Phi) is 4.50. The minimum Gasteiger partial charge on any atom is -0.312 e. The molecule has 5 nitrogen and oxygen atoms in total. The molecule has 0 unspecified atom stereocenters. The lowest BCUT2D eigenvalue weighted by molar-refractivity contribution is -0.119. The van der Waals surface area contributed by atoms with Crippen molar-refractivity contribution in [2.24, 2.45) is 0 Å². The number of carbonyl (C=O) groups excluding carboxylic acids is 1. The maximum absolute atomic E-state index is 12.8. The molecule has 0 saturated carbocycles. The number of nitrogens with zero attached hydrogens (tertiary/aromatic N) is 1. The van der Waals surface area contributed by atoms with E-state index in [4.69, 9.17) is 11.6 Å². The van der Waals surface area contributed by atoms with Crippen molar-refractivity contribution in [2.75, 3.05) is 11.4 Å². The van der Waals surface area contributed by atoms with E-state index in [-0.39, 0.29) is 17.3 Å². The van der Waals surface area contributed by atoms with E-state index in [1.807, 2.05) is 17.0 Å². The number of rotatable bonds is 4. The number of hydrogen-bond donors (Lipinski definition) is 1. The highest BCUT2D eigenvalue weighted by molar-refractivity contribution is 7.89. The predicted molar refractivity (Wildman–Crippen MR) is 101 cm³/mol. The maximum atomic E-state index is 12.8. The van der Waals surface area contributed by atoms with Gasteiger partial charge in [-0.1, -0.05) is 29.8 Å². The van der Waals surface area contributed by atoms with Gasteiger partial charge in [-0.15, -0.1) is 0 Å². The molecule has 4 rings (SSSR count). The Morgan fingerprint density at radius 3 is 2.58 bits per heavy atom. The fraction of sp³-hybridized carbons (Fsp3) is 0.316. The first kappa shape index (κ1) is 17.5. The fourth-order valence-corrected chi connectivity index (χ4v) is 4.98. The molecule has 26 heavy (non-hydrogen) atoms. The van der Waals surface area contributed by atoms with E-state index in [1.165, 1.54) is 0 Å². The van der Waals surface area contributed by atoms with Crippen molar-refractivity contribution < 1.29 is 13.2 Å². The lowest BCUT2D eigenvalue weighted by Gasteiger charge is -2.35. The average molecular weight is 391 g/mol. The van der Waals surface area contributed by atoms with Crippen LogP contribution in [0.5, 0.6) is 0 Å². The molecule has 0 radical (unpaired) electrons. The summed E-state index contributed by atoms with van der Waals surface area (Å²) in [6, 6.07) is 10.6. The van der Waals surface area contributed by atoms with Gasteiger partial charge in [0.2, 0.25) is 15.9 Å². The first-order valence-electron chi connectivity index (χ1n) is 8.65. The summed E-state index contributed by atoms with van der Waals surface area (Å²) in [5, 5.41) is 0.532. The van der Waals surface area contributed by atoms with Crippen molar-refractivity contribution in [3.05, 3.63) is 58.1 Å². The summed E-state index contributed by atoms with van der Waals surface area (Å²) < 4.78 is 28.2. The van der Waals surface area contributed by atoms with Crippen LogP contribution in [0.4, 0.5) is 5.69 Å². The number of amides is 1. The Labute approximate surface area is 158 Å².